The number of carbonyl (C=O) groups is 1. The number of H-pyrrole nitrogens is 1. The van der Waals surface area contributed by atoms with Crippen molar-refractivity contribution in [1.29, 1.82) is 0 Å². The summed E-state index contributed by atoms with van der Waals surface area (Å²) >= 11 is 3.15. The summed E-state index contributed by atoms with van der Waals surface area (Å²) in [5.41, 5.74) is 5.20. The first-order valence-electron chi connectivity index (χ1n) is 6.23. The molecule has 0 saturated heterocycles. The second kappa shape index (κ2) is 4.76. The van der Waals surface area contributed by atoms with Crippen LogP contribution in [0.4, 0.5) is 0 Å². The molecule has 1 aliphatic rings. The van der Waals surface area contributed by atoms with Crippen LogP contribution in [0.3, 0.4) is 0 Å². The molecule has 0 bridgehead atoms. The Morgan fingerprint density at radius 1 is 1.39 bits per heavy atom. The lowest BCUT2D eigenvalue weighted by Crippen LogP contribution is -2.23. The normalized spacial score (nSPS) is 13.8. The van der Waals surface area contributed by atoms with E-state index in [1.807, 2.05) is 0 Å². The van der Waals surface area contributed by atoms with Gasteiger partial charge in [0.2, 0.25) is 5.91 Å². The fraction of sp³-hybridized carbons (Fsp3) is 0.357. The molecule has 1 aromatic heterocycles. The van der Waals surface area contributed by atoms with Gasteiger partial charge in [-0.3, -0.25) is 4.79 Å². The van der Waals surface area contributed by atoms with Gasteiger partial charge in [-0.2, -0.15) is 0 Å². The average Bonchev–Trinajstić information content (AvgIpc) is 2.96. The highest BCUT2D eigenvalue weighted by molar-refractivity contribution is 9.09. The molecule has 1 aromatic carbocycles. The maximum absolute atomic E-state index is 11.3. The number of hydrogen-bond donors (Lipinski definition) is 2. The van der Waals surface area contributed by atoms with Crippen molar-refractivity contribution in [1.82, 2.24) is 10.3 Å². The van der Waals surface area contributed by atoms with Gasteiger partial charge < -0.3 is 10.3 Å². The second-order valence-corrected chi connectivity index (χ2v) is 5.25. The Hall–Kier alpha value is -1.29. The SMILES string of the molecule is O=C(CBr)NCc1cccc2c3c([nH]c12)CCC3. The minimum Gasteiger partial charge on any atom is -0.358 e. The number of aryl methyl sites for hydroxylation is 2. The minimum absolute atomic E-state index is 0.0195. The molecule has 18 heavy (non-hydrogen) atoms. The predicted molar refractivity (Wildman–Crippen MR) is 76.0 cm³/mol. The monoisotopic (exact) mass is 306 g/mol. The largest absolute Gasteiger partial charge is 0.358 e. The first kappa shape index (κ1) is 11.8. The second-order valence-electron chi connectivity index (χ2n) is 4.69. The van der Waals surface area contributed by atoms with E-state index in [9.17, 15) is 4.79 Å². The molecule has 4 heteroatoms. The zero-order valence-electron chi connectivity index (χ0n) is 10.1. The lowest BCUT2D eigenvalue weighted by Gasteiger charge is -2.05. The Morgan fingerprint density at radius 3 is 3.11 bits per heavy atom. The van der Waals surface area contributed by atoms with Crippen molar-refractivity contribution in [2.24, 2.45) is 0 Å². The van der Waals surface area contributed by atoms with Crippen molar-refractivity contribution in [3.63, 3.8) is 0 Å². The Labute approximate surface area is 114 Å². The number of halogens is 1. The molecule has 0 fully saturated rings. The third-order valence-corrected chi connectivity index (χ3v) is 4.08. The summed E-state index contributed by atoms with van der Waals surface area (Å²) in [6, 6.07) is 6.32. The number of alkyl halides is 1. The number of rotatable bonds is 3. The van der Waals surface area contributed by atoms with Crippen molar-refractivity contribution >= 4 is 32.7 Å². The van der Waals surface area contributed by atoms with Gasteiger partial charge in [0, 0.05) is 17.6 Å². The Morgan fingerprint density at radius 2 is 2.28 bits per heavy atom. The number of para-hydroxylation sites is 1. The topological polar surface area (TPSA) is 44.9 Å². The van der Waals surface area contributed by atoms with Crippen LogP contribution in [0.15, 0.2) is 18.2 Å². The first-order chi connectivity index (χ1) is 8.79. The molecule has 0 atom stereocenters. The molecular weight excluding hydrogens is 292 g/mol. The average molecular weight is 307 g/mol. The summed E-state index contributed by atoms with van der Waals surface area (Å²) in [7, 11) is 0. The molecule has 1 heterocycles. The van der Waals surface area contributed by atoms with E-state index >= 15 is 0 Å². The molecule has 0 saturated carbocycles. The number of hydrogen-bond acceptors (Lipinski definition) is 1. The van der Waals surface area contributed by atoms with Gasteiger partial charge in [-0.25, -0.2) is 0 Å². The highest BCUT2D eigenvalue weighted by Gasteiger charge is 2.17. The zero-order valence-corrected chi connectivity index (χ0v) is 11.6. The van der Waals surface area contributed by atoms with E-state index < -0.39 is 0 Å². The third kappa shape index (κ3) is 1.94. The Balaban J connectivity index is 1.95. The van der Waals surface area contributed by atoms with Gasteiger partial charge in [0.15, 0.2) is 0 Å². The smallest absolute Gasteiger partial charge is 0.230 e. The fourth-order valence-corrected chi connectivity index (χ4v) is 2.92. The van der Waals surface area contributed by atoms with Crippen LogP contribution in [0.2, 0.25) is 0 Å². The summed E-state index contributed by atoms with van der Waals surface area (Å²) in [5.74, 6) is 0.0195. The van der Waals surface area contributed by atoms with E-state index in [0.717, 1.165) is 12.0 Å². The van der Waals surface area contributed by atoms with E-state index in [2.05, 4.69) is 44.4 Å². The molecule has 94 valence electrons. The molecule has 0 aliphatic heterocycles. The number of aromatic nitrogens is 1. The van der Waals surface area contributed by atoms with Gasteiger partial charge in [-0.05, 0) is 30.4 Å². The van der Waals surface area contributed by atoms with Crippen LogP contribution in [-0.2, 0) is 24.2 Å². The minimum atomic E-state index is 0.0195. The van der Waals surface area contributed by atoms with E-state index in [-0.39, 0.29) is 5.91 Å². The molecule has 0 spiro atoms. The summed E-state index contributed by atoms with van der Waals surface area (Å²) in [6.45, 7) is 0.584. The lowest BCUT2D eigenvalue weighted by atomic mass is 10.1. The molecule has 3 nitrogen and oxygen atoms in total. The highest BCUT2D eigenvalue weighted by Crippen LogP contribution is 2.31. The van der Waals surface area contributed by atoms with Gasteiger partial charge in [-0.15, -0.1) is 0 Å². The number of carbonyl (C=O) groups excluding carboxylic acids is 1. The van der Waals surface area contributed by atoms with Crippen LogP contribution in [-0.4, -0.2) is 16.2 Å². The number of aromatic amines is 1. The van der Waals surface area contributed by atoms with E-state index in [1.165, 1.54) is 35.0 Å². The Kier molecular flexibility index (Phi) is 3.12. The molecular formula is C14H15BrN2O. The molecule has 0 radical (unpaired) electrons. The van der Waals surface area contributed by atoms with Crippen LogP contribution in [0.1, 0.15) is 23.2 Å². The van der Waals surface area contributed by atoms with Crippen LogP contribution >= 0.6 is 15.9 Å². The van der Waals surface area contributed by atoms with Crippen LogP contribution in [0.5, 0.6) is 0 Å². The first-order valence-corrected chi connectivity index (χ1v) is 7.35. The fourth-order valence-electron chi connectivity index (χ4n) is 2.72. The van der Waals surface area contributed by atoms with Gasteiger partial charge in [0.05, 0.1) is 10.8 Å². The predicted octanol–water partition coefficient (Wildman–Crippen LogP) is 2.67. The van der Waals surface area contributed by atoms with Gasteiger partial charge in [0.25, 0.3) is 0 Å². The number of benzene rings is 1. The van der Waals surface area contributed by atoms with Crippen LogP contribution in [0, 0.1) is 0 Å². The quantitative estimate of drug-likeness (QED) is 0.841. The molecule has 2 aromatic rings. The van der Waals surface area contributed by atoms with Crippen LogP contribution in [0.25, 0.3) is 10.9 Å². The van der Waals surface area contributed by atoms with E-state index in [4.69, 9.17) is 0 Å². The number of amides is 1. The highest BCUT2D eigenvalue weighted by atomic mass is 79.9. The van der Waals surface area contributed by atoms with Crippen molar-refractivity contribution in [3.8, 4) is 0 Å². The molecule has 0 unspecified atom stereocenters. The lowest BCUT2D eigenvalue weighted by molar-refractivity contribution is -0.118. The van der Waals surface area contributed by atoms with Gasteiger partial charge >= 0.3 is 0 Å². The summed E-state index contributed by atoms with van der Waals surface area (Å²) < 4.78 is 0. The van der Waals surface area contributed by atoms with Crippen molar-refractivity contribution in [3.05, 3.63) is 35.0 Å². The summed E-state index contributed by atoms with van der Waals surface area (Å²) in [6.07, 6.45) is 3.57. The zero-order chi connectivity index (χ0) is 12.5. The van der Waals surface area contributed by atoms with Crippen LogP contribution < -0.4 is 5.32 Å². The molecule has 1 amide bonds. The van der Waals surface area contributed by atoms with Gasteiger partial charge in [0.1, 0.15) is 0 Å². The molecule has 2 N–H and O–H groups in total. The van der Waals surface area contributed by atoms with Crippen molar-refractivity contribution in [2.75, 3.05) is 5.33 Å². The number of fused-ring (bicyclic) bond motifs is 3. The van der Waals surface area contributed by atoms with Crippen molar-refractivity contribution < 1.29 is 4.79 Å². The number of nitrogens with one attached hydrogen (secondary N) is 2. The maximum Gasteiger partial charge on any atom is 0.230 e. The molecule has 1 aliphatic carbocycles. The summed E-state index contributed by atoms with van der Waals surface area (Å²) in [4.78, 5) is 14.8. The maximum atomic E-state index is 11.3. The van der Waals surface area contributed by atoms with E-state index in [1.54, 1.807) is 0 Å². The standard InChI is InChI=1S/C14H15BrN2O/c15-7-13(18)16-8-9-3-1-5-11-10-4-2-6-12(10)17-14(9)11/h1,3,5,17H,2,4,6-8H2,(H,16,18). The van der Waals surface area contributed by atoms with Gasteiger partial charge in [-0.1, -0.05) is 34.1 Å². The Bertz CT molecular complexity index is 603. The molecule has 3 rings (SSSR count). The van der Waals surface area contributed by atoms with Crippen molar-refractivity contribution in [2.45, 2.75) is 25.8 Å². The third-order valence-electron chi connectivity index (χ3n) is 3.57. The summed E-state index contributed by atoms with van der Waals surface area (Å²) in [5, 5.41) is 4.58. The van der Waals surface area contributed by atoms with E-state index in [0.29, 0.717) is 11.9 Å².